The highest BCUT2D eigenvalue weighted by Crippen LogP contribution is 2.51. The standard InChI is InChI=1S/C29H60NO3P/c1-6-8-9-10-11-12-13-14-15-16-17-18-19-20-21-22-23-24-25-26-27-28-33-34(31,32)29(7-2)30(3,4)5/h16-17,29H,6-15,18-28H2,1-5H3/p+1/b17-16-. The Morgan fingerprint density at radius 1 is 0.676 bits per heavy atom. The monoisotopic (exact) mass is 502 g/mol. The van der Waals surface area contributed by atoms with Gasteiger partial charge in [-0.25, -0.2) is 0 Å². The van der Waals surface area contributed by atoms with Crippen LogP contribution in [-0.4, -0.2) is 42.9 Å². The van der Waals surface area contributed by atoms with Crippen LogP contribution in [0.5, 0.6) is 0 Å². The first-order valence-corrected chi connectivity index (χ1v) is 16.3. The van der Waals surface area contributed by atoms with Crippen LogP contribution in [0.1, 0.15) is 142 Å². The molecule has 34 heavy (non-hydrogen) atoms. The van der Waals surface area contributed by atoms with E-state index in [-0.39, 0.29) is 5.78 Å². The molecule has 0 aromatic carbocycles. The number of hydrogen-bond acceptors (Lipinski definition) is 2. The highest BCUT2D eigenvalue weighted by atomic mass is 31.2. The lowest BCUT2D eigenvalue weighted by molar-refractivity contribution is -0.883. The van der Waals surface area contributed by atoms with E-state index >= 15 is 0 Å². The largest absolute Gasteiger partial charge is 0.385 e. The molecule has 0 saturated heterocycles. The third-order valence-electron chi connectivity index (χ3n) is 6.82. The molecule has 0 aromatic rings. The first-order chi connectivity index (χ1) is 16.3. The normalized spacial score (nSPS) is 15.1. The number of quaternary nitrogens is 1. The van der Waals surface area contributed by atoms with Crippen molar-refractivity contribution in [2.45, 2.75) is 148 Å². The lowest BCUT2D eigenvalue weighted by Crippen LogP contribution is -2.44. The molecule has 5 heteroatoms. The van der Waals surface area contributed by atoms with Crippen LogP contribution in [0.25, 0.3) is 0 Å². The lowest BCUT2D eigenvalue weighted by atomic mass is 10.1. The van der Waals surface area contributed by atoms with Crippen molar-refractivity contribution in [1.29, 1.82) is 0 Å². The first-order valence-electron chi connectivity index (χ1n) is 14.7. The minimum Gasteiger partial charge on any atom is -0.320 e. The third kappa shape index (κ3) is 20.1. The lowest BCUT2D eigenvalue weighted by Gasteiger charge is -2.35. The van der Waals surface area contributed by atoms with Crippen LogP contribution >= 0.6 is 7.60 Å². The molecule has 0 radical (unpaired) electrons. The Morgan fingerprint density at radius 2 is 1.06 bits per heavy atom. The molecule has 0 aliphatic carbocycles. The van der Waals surface area contributed by atoms with Crippen LogP contribution in [0.4, 0.5) is 0 Å². The molecule has 0 amide bonds. The molecule has 0 aliphatic rings. The smallest absolute Gasteiger partial charge is 0.320 e. The van der Waals surface area contributed by atoms with Gasteiger partial charge in [-0.2, -0.15) is 0 Å². The summed E-state index contributed by atoms with van der Waals surface area (Å²) < 4.78 is 18.4. The topological polar surface area (TPSA) is 46.5 Å². The maximum atomic E-state index is 12.5. The summed E-state index contributed by atoms with van der Waals surface area (Å²) in [6.45, 7) is 4.64. The summed E-state index contributed by atoms with van der Waals surface area (Å²) >= 11 is 0. The Kier molecular flexibility index (Phi) is 22.0. The van der Waals surface area contributed by atoms with Crippen LogP contribution in [0.15, 0.2) is 12.2 Å². The van der Waals surface area contributed by atoms with Crippen molar-refractivity contribution in [1.82, 2.24) is 0 Å². The van der Waals surface area contributed by atoms with E-state index in [1.165, 1.54) is 109 Å². The molecule has 0 spiro atoms. The van der Waals surface area contributed by atoms with Gasteiger partial charge in [0.15, 0.2) is 5.78 Å². The van der Waals surface area contributed by atoms with Gasteiger partial charge in [0.05, 0.1) is 27.7 Å². The van der Waals surface area contributed by atoms with E-state index in [9.17, 15) is 9.46 Å². The summed E-state index contributed by atoms with van der Waals surface area (Å²) in [5.41, 5.74) is 0. The fourth-order valence-corrected chi connectivity index (χ4v) is 6.63. The zero-order valence-electron chi connectivity index (χ0n) is 23.7. The van der Waals surface area contributed by atoms with Crippen molar-refractivity contribution < 1.29 is 18.5 Å². The Balaban J connectivity index is 3.41. The number of unbranched alkanes of at least 4 members (excludes halogenated alkanes) is 17. The number of hydrogen-bond donors (Lipinski definition) is 1. The maximum Gasteiger partial charge on any atom is 0.385 e. The SMILES string of the molecule is CCCCCCCCCC/C=C\CCCCCCCCCCCOP(=O)(O)C(CC)[N+](C)(C)C. The van der Waals surface area contributed by atoms with E-state index in [1.807, 2.05) is 28.1 Å². The predicted molar refractivity (Wildman–Crippen MR) is 150 cm³/mol. The van der Waals surface area contributed by atoms with Gasteiger partial charge in [0.25, 0.3) is 0 Å². The van der Waals surface area contributed by atoms with Gasteiger partial charge in [0.1, 0.15) is 0 Å². The van der Waals surface area contributed by atoms with Crippen molar-refractivity contribution in [2.24, 2.45) is 0 Å². The highest BCUT2D eigenvalue weighted by Gasteiger charge is 2.41. The summed E-state index contributed by atoms with van der Waals surface area (Å²) in [6, 6.07) is 0. The van der Waals surface area contributed by atoms with Gasteiger partial charge in [-0.15, -0.1) is 0 Å². The van der Waals surface area contributed by atoms with Gasteiger partial charge in [-0.05, 0) is 32.1 Å². The van der Waals surface area contributed by atoms with Crippen molar-refractivity contribution in [3.05, 3.63) is 12.2 Å². The summed E-state index contributed by atoms with van der Waals surface area (Å²) in [4.78, 5) is 10.3. The molecule has 0 aromatic heterocycles. The zero-order chi connectivity index (χ0) is 25.5. The molecule has 0 aliphatic heterocycles. The minimum atomic E-state index is -3.55. The Labute approximate surface area is 214 Å². The molecule has 0 heterocycles. The van der Waals surface area contributed by atoms with Gasteiger partial charge in [-0.1, -0.05) is 116 Å². The van der Waals surface area contributed by atoms with Crippen molar-refractivity contribution >= 4 is 7.60 Å². The molecule has 4 nitrogen and oxygen atoms in total. The van der Waals surface area contributed by atoms with Crippen molar-refractivity contribution in [2.75, 3.05) is 27.7 Å². The molecule has 0 rings (SSSR count). The van der Waals surface area contributed by atoms with Crippen LogP contribution < -0.4 is 0 Å². The molecular formula is C29H61NO3P+. The average molecular weight is 503 g/mol. The molecule has 2 unspecified atom stereocenters. The second-order valence-electron chi connectivity index (χ2n) is 11.1. The number of rotatable bonds is 25. The van der Waals surface area contributed by atoms with Gasteiger partial charge >= 0.3 is 7.60 Å². The molecule has 1 N–H and O–H groups in total. The summed E-state index contributed by atoms with van der Waals surface area (Å²) in [6.07, 6.45) is 30.3. The molecular weight excluding hydrogens is 441 g/mol. The van der Waals surface area contributed by atoms with E-state index in [0.29, 0.717) is 17.5 Å². The molecule has 0 saturated carbocycles. The maximum absolute atomic E-state index is 12.5. The minimum absolute atomic E-state index is 0.349. The molecule has 2 atom stereocenters. The Bertz CT molecular complexity index is 516. The van der Waals surface area contributed by atoms with Crippen molar-refractivity contribution in [3.63, 3.8) is 0 Å². The third-order valence-corrected chi connectivity index (χ3v) is 9.18. The van der Waals surface area contributed by atoms with Crippen LogP contribution in [0.2, 0.25) is 0 Å². The van der Waals surface area contributed by atoms with Crippen LogP contribution in [0, 0.1) is 0 Å². The zero-order valence-corrected chi connectivity index (χ0v) is 24.6. The van der Waals surface area contributed by atoms with Crippen LogP contribution in [-0.2, 0) is 9.09 Å². The second-order valence-corrected chi connectivity index (χ2v) is 13.1. The summed E-state index contributed by atoms with van der Waals surface area (Å²) in [5.74, 6) is -0.349. The van der Waals surface area contributed by atoms with E-state index in [1.54, 1.807) is 0 Å². The first kappa shape index (κ1) is 33.8. The average Bonchev–Trinajstić information content (AvgIpc) is 2.76. The quantitative estimate of drug-likeness (QED) is 0.0585. The number of allylic oxidation sites excluding steroid dienone is 2. The summed E-state index contributed by atoms with van der Waals surface area (Å²) in [7, 11) is 2.31. The second kappa shape index (κ2) is 22.1. The highest BCUT2D eigenvalue weighted by molar-refractivity contribution is 7.53. The van der Waals surface area contributed by atoms with Gasteiger partial charge < -0.3 is 13.9 Å². The van der Waals surface area contributed by atoms with E-state index in [2.05, 4.69) is 19.1 Å². The van der Waals surface area contributed by atoms with Crippen LogP contribution in [0.3, 0.4) is 0 Å². The van der Waals surface area contributed by atoms with Gasteiger partial charge in [-0.3, -0.25) is 4.57 Å². The van der Waals surface area contributed by atoms with Crippen molar-refractivity contribution in [3.8, 4) is 0 Å². The predicted octanol–water partition coefficient (Wildman–Crippen LogP) is 9.62. The van der Waals surface area contributed by atoms with E-state index < -0.39 is 7.60 Å². The number of nitrogens with zero attached hydrogens (tertiary/aromatic N) is 1. The van der Waals surface area contributed by atoms with E-state index in [0.717, 1.165) is 12.8 Å². The van der Waals surface area contributed by atoms with Gasteiger partial charge in [0, 0.05) is 6.42 Å². The molecule has 0 fully saturated rings. The Hall–Kier alpha value is -0.150. The van der Waals surface area contributed by atoms with E-state index in [4.69, 9.17) is 4.52 Å². The molecule has 0 bridgehead atoms. The molecule has 204 valence electrons. The fourth-order valence-electron chi connectivity index (χ4n) is 4.73. The van der Waals surface area contributed by atoms with Gasteiger partial charge in [0.2, 0.25) is 0 Å². The summed E-state index contributed by atoms with van der Waals surface area (Å²) in [5, 5.41) is 0. The fraction of sp³-hybridized carbons (Fsp3) is 0.931. The Morgan fingerprint density at radius 3 is 1.44 bits per heavy atom.